The van der Waals surface area contributed by atoms with Gasteiger partial charge in [0.2, 0.25) is 0 Å². The molecule has 0 bridgehead atoms. The van der Waals surface area contributed by atoms with Crippen molar-refractivity contribution in [3.05, 3.63) is 34.3 Å². The first kappa shape index (κ1) is 20.4. The number of hydrogen-bond acceptors (Lipinski definition) is 4. The minimum atomic E-state index is -0.144. The van der Waals surface area contributed by atoms with Crippen molar-refractivity contribution in [2.45, 2.75) is 26.3 Å². The minimum absolute atomic E-state index is 0. The highest BCUT2D eigenvalue weighted by atomic mass is 79.9. The van der Waals surface area contributed by atoms with Gasteiger partial charge in [0.25, 0.3) is 0 Å². The van der Waals surface area contributed by atoms with Gasteiger partial charge in [0.05, 0.1) is 13.5 Å². The molecule has 1 aliphatic rings. The van der Waals surface area contributed by atoms with Crippen molar-refractivity contribution in [2.24, 2.45) is 5.41 Å². The molecule has 0 aromatic heterocycles. The predicted octanol–water partition coefficient (Wildman–Crippen LogP) is 3.24. The number of nitrogens with zero attached hydrogens (tertiary/aromatic N) is 1. The Morgan fingerprint density at radius 2 is 2.26 bits per heavy atom. The van der Waals surface area contributed by atoms with Crippen LogP contribution in [0.5, 0.6) is 0 Å². The van der Waals surface area contributed by atoms with Gasteiger partial charge in [-0.15, -0.1) is 12.4 Å². The summed E-state index contributed by atoms with van der Waals surface area (Å²) in [5.74, 6) is -0.144. The van der Waals surface area contributed by atoms with Gasteiger partial charge < -0.3 is 10.1 Å². The van der Waals surface area contributed by atoms with E-state index in [2.05, 4.69) is 51.3 Å². The van der Waals surface area contributed by atoms with Gasteiger partial charge >= 0.3 is 5.97 Å². The molecule has 1 aromatic rings. The minimum Gasteiger partial charge on any atom is -0.469 e. The zero-order valence-corrected chi connectivity index (χ0v) is 16.2. The lowest BCUT2D eigenvalue weighted by molar-refractivity contribution is -0.141. The van der Waals surface area contributed by atoms with E-state index >= 15 is 0 Å². The molecule has 1 atom stereocenters. The average Bonchev–Trinajstić information content (AvgIpc) is 2.91. The van der Waals surface area contributed by atoms with Crippen molar-refractivity contribution in [1.82, 2.24) is 10.2 Å². The summed E-state index contributed by atoms with van der Waals surface area (Å²) in [5, 5.41) is 3.44. The lowest BCUT2D eigenvalue weighted by Gasteiger charge is -2.32. The maximum Gasteiger partial charge on any atom is 0.306 e. The van der Waals surface area contributed by atoms with Gasteiger partial charge in [0.15, 0.2) is 0 Å². The van der Waals surface area contributed by atoms with Crippen LogP contribution in [0.3, 0.4) is 0 Å². The van der Waals surface area contributed by atoms with Crippen LogP contribution in [0.2, 0.25) is 0 Å². The van der Waals surface area contributed by atoms with E-state index in [1.807, 2.05) is 6.07 Å². The highest BCUT2D eigenvalue weighted by molar-refractivity contribution is 9.10. The van der Waals surface area contributed by atoms with Gasteiger partial charge in [0.1, 0.15) is 0 Å². The molecule has 1 aromatic carbocycles. The molecule has 1 heterocycles. The van der Waals surface area contributed by atoms with Crippen LogP contribution in [-0.2, 0) is 16.1 Å². The molecule has 6 heteroatoms. The number of hydrogen-bond donors (Lipinski definition) is 1. The molecule has 1 N–H and O–H groups in total. The van der Waals surface area contributed by atoms with Crippen molar-refractivity contribution >= 4 is 34.3 Å². The van der Waals surface area contributed by atoms with E-state index in [0.29, 0.717) is 6.42 Å². The normalized spacial score (nSPS) is 20.3. The van der Waals surface area contributed by atoms with E-state index in [-0.39, 0.29) is 23.8 Å². The van der Waals surface area contributed by atoms with Crippen LogP contribution in [0.15, 0.2) is 28.7 Å². The fraction of sp³-hybridized carbons (Fsp3) is 0.588. The number of benzene rings is 1. The Bertz CT molecular complexity index is 507. The molecule has 0 radical (unpaired) electrons. The summed E-state index contributed by atoms with van der Waals surface area (Å²) in [6.45, 7) is 7.02. The van der Waals surface area contributed by atoms with Gasteiger partial charge in [-0.3, -0.25) is 9.69 Å². The largest absolute Gasteiger partial charge is 0.469 e. The second-order valence-electron chi connectivity index (χ2n) is 6.40. The van der Waals surface area contributed by atoms with Crippen LogP contribution in [0.1, 0.15) is 25.3 Å². The molecule has 23 heavy (non-hydrogen) atoms. The highest BCUT2D eigenvalue weighted by Gasteiger charge is 2.30. The molecule has 0 amide bonds. The SMILES string of the molecule is COC(=O)CCN(Cc1cccc(Br)c1)CC1(C)CCNC1.Cl. The Balaban J connectivity index is 0.00000264. The number of carbonyl (C=O) groups excluding carboxylic acids is 1. The average molecular weight is 406 g/mol. The zero-order valence-electron chi connectivity index (χ0n) is 13.8. The number of ether oxygens (including phenoxy) is 1. The summed E-state index contributed by atoms with van der Waals surface area (Å²) in [6.07, 6.45) is 1.62. The summed E-state index contributed by atoms with van der Waals surface area (Å²) in [5.41, 5.74) is 1.54. The number of carbonyl (C=O) groups is 1. The van der Waals surface area contributed by atoms with Crippen molar-refractivity contribution < 1.29 is 9.53 Å². The fourth-order valence-corrected chi connectivity index (χ4v) is 3.45. The number of halogens is 2. The fourth-order valence-electron chi connectivity index (χ4n) is 3.00. The Morgan fingerprint density at radius 1 is 1.48 bits per heavy atom. The third-order valence-corrected chi connectivity index (χ3v) is 4.71. The van der Waals surface area contributed by atoms with Crippen LogP contribution >= 0.6 is 28.3 Å². The molecule has 1 unspecified atom stereocenters. The quantitative estimate of drug-likeness (QED) is 0.707. The standard InChI is InChI=1S/C17H25BrN2O2.ClH/c1-17(7-8-19-12-17)13-20(9-6-16(21)22-2)11-14-4-3-5-15(18)10-14;/h3-5,10,19H,6-9,11-13H2,1-2H3;1H. The topological polar surface area (TPSA) is 41.6 Å². The predicted molar refractivity (Wildman–Crippen MR) is 98.9 cm³/mol. The molecule has 0 spiro atoms. The summed E-state index contributed by atoms with van der Waals surface area (Å²) in [4.78, 5) is 13.8. The van der Waals surface area contributed by atoms with Gasteiger partial charge in [-0.1, -0.05) is 35.0 Å². The first-order chi connectivity index (χ1) is 10.5. The van der Waals surface area contributed by atoms with E-state index in [0.717, 1.165) is 37.2 Å². The molecule has 0 saturated carbocycles. The molecule has 2 rings (SSSR count). The van der Waals surface area contributed by atoms with Crippen LogP contribution < -0.4 is 5.32 Å². The van der Waals surface area contributed by atoms with E-state index in [4.69, 9.17) is 4.74 Å². The Kier molecular flexibility index (Phi) is 8.54. The Hall–Kier alpha value is -0.620. The maximum absolute atomic E-state index is 11.5. The molecule has 1 aliphatic heterocycles. The van der Waals surface area contributed by atoms with Gasteiger partial charge in [-0.05, 0) is 36.1 Å². The maximum atomic E-state index is 11.5. The van der Waals surface area contributed by atoms with Crippen molar-refractivity contribution in [2.75, 3.05) is 33.3 Å². The monoisotopic (exact) mass is 404 g/mol. The van der Waals surface area contributed by atoms with Crippen molar-refractivity contribution in [3.63, 3.8) is 0 Å². The van der Waals surface area contributed by atoms with E-state index in [1.165, 1.54) is 19.1 Å². The number of esters is 1. The Labute approximate surface area is 153 Å². The van der Waals surface area contributed by atoms with Crippen LogP contribution in [-0.4, -0.2) is 44.2 Å². The zero-order chi connectivity index (χ0) is 16.0. The molecule has 0 aliphatic carbocycles. The number of nitrogens with one attached hydrogen (secondary N) is 1. The third kappa shape index (κ3) is 6.79. The molecular weight excluding hydrogens is 380 g/mol. The third-order valence-electron chi connectivity index (χ3n) is 4.22. The molecular formula is C17H26BrClN2O2. The van der Waals surface area contributed by atoms with Gasteiger partial charge in [-0.2, -0.15) is 0 Å². The second kappa shape index (κ2) is 9.62. The van der Waals surface area contributed by atoms with Gasteiger partial charge in [0, 0.05) is 30.7 Å². The first-order valence-electron chi connectivity index (χ1n) is 7.75. The van der Waals surface area contributed by atoms with Crippen molar-refractivity contribution in [3.8, 4) is 0 Å². The lowest BCUT2D eigenvalue weighted by Crippen LogP contribution is -2.38. The summed E-state index contributed by atoms with van der Waals surface area (Å²) in [7, 11) is 1.45. The molecule has 1 saturated heterocycles. The second-order valence-corrected chi connectivity index (χ2v) is 7.32. The van der Waals surface area contributed by atoms with Gasteiger partial charge in [-0.25, -0.2) is 0 Å². The Morgan fingerprint density at radius 3 is 2.87 bits per heavy atom. The van der Waals surface area contributed by atoms with Crippen molar-refractivity contribution in [1.29, 1.82) is 0 Å². The summed E-state index contributed by atoms with van der Waals surface area (Å²) in [6, 6.07) is 8.35. The highest BCUT2D eigenvalue weighted by Crippen LogP contribution is 2.26. The van der Waals surface area contributed by atoms with E-state index in [1.54, 1.807) is 0 Å². The van der Waals surface area contributed by atoms with Crippen LogP contribution in [0, 0.1) is 5.41 Å². The van der Waals surface area contributed by atoms with E-state index in [9.17, 15) is 4.79 Å². The summed E-state index contributed by atoms with van der Waals surface area (Å²) >= 11 is 3.52. The van der Waals surface area contributed by atoms with E-state index < -0.39 is 0 Å². The molecule has 4 nitrogen and oxygen atoms in total. The molecule has 130 valence electrons. The number of rotatable bonds is 7. The van der Waals surface area contributed by atoms with Crippen LogP contribution in [0.25, 0.3) is 0 Å². The molecule has 1 fully saturated rings. The summed E-state index contributed by atoms with van der Waals surface area (Å²) < 4.78 is 5.87. The first-order valence-corrected chi connectivity index (χ1v) is 8.54. The van der Waals surface area contributed by atoms with Crippen LogP contribution in [0.4, 0.5) is 0 Å². The lowest BCUT2D eigenvalue weighted by atomic mass is 9.89. The smallest absolute Gasteiger partial charge is 0.306 e. The number of methoxy groups -OCH3 is 1.